The van der Waals surface area contributed by atoms with E-state index >= 15 is 0 Å². The van der Waals surface area contributed by atoms with Gasteiger partial charge in [0.1, 0.15) is 5.60 Å². The Kier molecular flexibility index (Phi) is 2.52. The van der Waals surface area contributed by atoms with E-state index in [4.69, 9.17) is 9.84 Å². The van der Waals surface area contributed by atoms with E-state index in [2.05, 4.69) is 6.58 Å². The second kappa shape index (κ2) is 3.30. The second-order valence-electron chi connectivity index (χ2n) is 3.30. The fourth-order valence-corrected chi connectivity index (χ4v) is 1.06. The fourth-order valence-electron chi connectivity index (χ4n) is 1.06. The Morgan fingerprint density at radius 1 is 1.77 bits per heavy atom. The predicted molar refractivity (Wildman–Crippen MR) is 45.4 cm³/mol. The number of carbonyl (C=O) groups is 2. The number of fused-ring (bicyclic) bond motifs is 1. The van der Waals surface area contributed by atoms with Gasteiger partial charge in [-0.05, 0) is 19.8 Å². The Morgan fingerprint density at radius 2 is 2.31 bits per heavy atom. The third-order valence-electron chi connectivity index (χ3n) is 2.21. The lowest BCUT2D eigenvalue weighted by Gasteiger charge is -2.09. The largest absolute Gasteiger partial charge is 0.478 e. The zero-order chi connectivity index (χ0) is 10.1. The van der Waals surface area contributed by atoms with Crippen molar-refractivity contribution < 1.29 is 19.4 Å². The van der Waals surface area contributed by atoms with E-state index in [1.165, 1.54) is 6.92 Å². The quantitative estimate of drug-likeness (QED) is 0.391. The van der Waals surface area contributed by atoms with Crippen LogP contribution in [0.25, 0.3) is 0 Å². The molecule has 0 amide bonds. The normalized spacial score (nSPS) is 32.8. The highest BCUT2D eigenvalue weighted by atomic mass is 16.6. The van der Waals surface area contributed by atoms with Crippen LogP contribution in [0.4, 0.5) is 0 Å². The number of ether oxygens (including phenoxy) is 1. The van der Waals surface area contributed by atoms with Crippen LogP contribution in [0.2, 0.25) is 0 Å². The minimum absolute atomic E-state index is 0.176. The van der Waals surface area contributed by atoms with E-state index in [-0.39, 0.29) is 11.2 Å². The maximum atomic E-state index is 10.0. The van der Waals surface area contributed by atoms with Gasteiger partial charge in [-0.15, -0.1) is 0 Å². The Labute approximate surface area is 76.2 Å². The van der Waals surface area contributed by atoms with Gasteiger partial charge >= 0.3 is 5.97 Å². The van der Waals surface area contributed by atoms with E-state index in [1.807, 2.05) is 0 Å². The Balaban J connectivity index is 0.000000133. The van der Waals surface area contributed by atoms with Gasteiger partial charge in [0.2, 0.25) is 0 Å². The van der Waals surface area contributed by atoms with Crippen LogP contribution in [0.3, 0.4) is 0 Å². The molecule has 0 radical (unpaired) electrons. The van der Waals surface area contributed by atoms with Crippen molar-refractivity contribution in [2.24, 2.45) is 0 Å². The molecule has 1 saturated carbocycles. The average Bonchev–Trinajstić information content (AvgIpc) is 2.55. The standard InChI is InChI=1S/C5H6O2.C4H6O2/c6-3-5-2-1-4(5)7-5;1-3(2)4(5)6/h3-4H,1-2H2;1H2,2H3,(H,5,6). The molecule has 72 valence electrons. The van der Waals surface area contributed by atoms with Crippen LogP contribution in [0.15, 0.2) is 12.2 Å². The van der Waals surface area contributed by atoms with Gasteiger partial charge in [-0.25, -0.2) is 4.79 Å². The topological polar surface area (TPSA) is 66.9 Å². The zero-order valence-corrected chi connectivity index (χ0v) is 7.45. The summed E-state index contributed by atoms with van der Waals surface area (Å²) in [7, 11) is 0. The molecule has 13 heavy (non-hydrogen) atoms. The van der Waals surface area contributed by atoms with E-state index in [0.29, 0.717) is 6.10 Å². The molecular weight excluding hydrogens is 172 g/mol. The molecular formula is C9H12O4. The van der Waals surface area contributed by atoms with Crippen molar-refractivity contribution in [2.75, 3.05) is 0 Å². The lowest BCUT2D eigenvalue weighted by Crippen LogP contribution is -2.26. The van der Waals surface area contributed by atoms with Crippen molar-refractivity contribution in [3.63, 3.8) is 0 Å². The molecule has 1 aliphatic heterocycles. The summed E-state index contributed by atoms with van der Waals surface area (Å²) in [5.41, 5.74) is -0.0741. The maximum absolute atomic E-state index is 10.0. The van der Waals surface area contributed by atoms with Crippen molar-refractivity contribution in [2.45, 2.75) is 31.5 Å². The van der Waals surface area contributed by atoms with Gasteiger partial charge in [0.15, 0.2) is 6.29 Å². The fraction of sp³-hybridized carbons (Fsp3) is 0.556. The number of carboxylic acids is 1. The summed E-state index contributed by atoms with van der Waals surface area (Å²) in [6, 6.07) is 0. The van der Waals surface area contributed by atoms with E-state index < -0.39 is 5.97 Å². The van der Waals surface area contributed by atoms with Crippen molar-refractivity contribution in [3.05, 3.63) is 12.2 Å². The lowest BCUT2D eigenvalue weighted by atomic mass is 9.87. The second-order valence-corrected chi connectivity index (χ2v) is 3.30. The van der Waals surface area contributed by atoms with Crippen LogP contribution in [0, 0.1) is 0 Å². The van der Waals surface area contributed by atoms with Gasteiger partial charge in [0.05, 0.1) is 6.10 Å². The highest BCUT2D eigenvalue weighted by Gasteiger charge is 2.64. The van der Waals surface area contributed by atoms with Crippen LogP contribution in [0.1, 0.15) is 19.8 Å². The highest BCUT2D eigenvalue weighted by Crippen LogP contribution is 2.51. The smallest absolute Gasteiger partial charge is 0.330 e. The first kappa shape index (κ1) is 9.92. The minimum atomic E-state index is -0.935. The number of aldehydes is 1. The molecule has 1 heterocycles. The first-order valence-electron chi connectivity index (χ1n) is 4.05. The summed E-state index contributed by atoms with van der Waals surface area (Å²) in [5.74, 6) is -0.935. The van der Waals surface area contributed by atoms with Crippen molar-refractivity contribution in [1.82, 2.24) is 0 Å². The van der Waals surface area contributed by atoms with Gasteiger partial charge in [-0.1, -0.05) is 6.58 Å². The molecule has 2 unspecified atom stereocenters. The van der Waals surface area contributed by atoms with Crippen LogP contribution in [-0.4, -0.2) is 29.1 Å². The van der Waals surface area contributed by atoms with E-state index in [1.54, 1.807) is 0 Å². The van der Waals surface area contributed by atoms with Gasteiger partial charge in [0.25, 0.3) is 0 Å². The maximum Gasteiger partial charge on any atom is 0.330 e. The van der Waals surface area contributed by atoms with Crippen molar-refractivity contribution in [3.8, 4) is 0 Å². The Morgan fingerprint density at radius 3 is 2.31 bits per heavy atom. The molecule has 2 fully saturated rings. The number of carbonyl (C=O) groups excluding carboxylic acids is 1. The van der Waals surface area contributed by atoms with Crippen molar-refractivity contribution in [1.29, 1.82) is 0 Å². The van der Waals surface area contributed by atoms with Gasteiger partial charge in [-0.2, -0.15) is 0 Å². The molecule has 1 N–H and O–H groups in total. The molecule has 0 aromatic heterocycles. The Bertz CT molecular complexity index is 242. The first-order valence-corrected chi connectivity index (χ1v) is 4.05. The summed E-state index contributed by atoms with van der Waals surface area (Å²) in [6.45, 7) is 4.60. The summed E-state index contributed by atoms with van der Waals surface area (Å²) in [6.07, 6.45) is 3.31. The number of epoxide rings is 1. The number of aliphatic carboxylic acids is 1. The molecule has 2 aliphatic rings. The zero-order valence-electron chi connectivity index (χ0n) is 7.45. The summed E-state index contributed by atoms with van der Waals surface area (Å²) < 4.78 is 5.00. The molecule has 0 bridgehead atoms. The van der Waals surface area contributed by atoms with Crippen LogP contribution in [-0.2, 0) is 14.3 Å². The lowest BCUT2D eigenvalue weighted by molar-refractivity contribution is -0.132. The SMILES string of the molecule is C=C(C)C(=O)O.O=CC12CCC1O2. The highest BCUT2D eigenvalue weighted by molar-refractivity contribution is 5.84. The molecule has 4 nitrogen and oxygen atoms in total. The van der Waals surface area contributed by atoms with Crippen LogP contribution in [0.5, 0.6) is 0 Å². The van der Waals surface area contributed by atoms with Crippen LogP contribution < -0.4 is 0 Å². The van der Waals surface area contributed by atoms with E-state index in [0.717, 1.165) is 19.1 Å². The van der Waals surface area contributed by atoms with Gasteiger partial charge < -0.3 is 14.6 Å². The summed E-state index contributed by atoms with van der Waals surface area (Å²) in [4.78, 5) is 19.6. The molecule has 0 aromatic carbocycles. The summed E-state index contributed by atoms with van der Waals surface area (Å²) >= 11 is 0. The molecule has 0 aromatic rings. The minimum Gasteiger partial charge on any atom is -0.478 e. The number of carboxylic acid groups (broad SMARTS) is 1. The van der Waals surface area contributed by atoms with E-state index in [9.17, 15) is 9.59 Å². The van der Waals surface area contributed by atoms with Gasteiger partial charge in [0, 0.05) is 5.57 Å². The van der Waals surface area contributed by atoms with Crippen LogP contribution >= 0.6 is 0 Å². The van der Waals surface area contributed by atoms with Crippen molar-refractivity contribution >= 4 is 12.3 Å². The number of hydrogen-bond acceptors (Lipinski definition) is 3. The number of hydrogen-bond donors (Lipinski definition) is 1. The third kappa shape index (κ3) is 1.95. The third-order valence-corrected chi connectivity index (χ3v) is 2.21. The first-order chi connectivity index (χ1) is 6.02. The average molecular weight is 184 g/mol. The summed E-state index contributed by atoms with van der Waals surface area (Å²) in [5, 5.41) is 7.89. The molecule has 2 rings (SSSR count). The predicted octanol–water partition coefficient (Wildman–Crippen LogP) is 0.764. The van der Waals surface area contributed by atoms with Gasteiger partial charge in [-0.3, -0.25) is 0 Å². The monoisotopic (exact) mass is 184 g/mol. The molecule has 1 aliphatic carbocycles. The Hall–Kier alpha value is -1.16. The molecule has 4 heteroatoms. The molecule has 0 spiro atoms. The number of rotatable bonds is 2. The molecule has 1 saturated heterocycles. The molecule has 2 atom stereocenters.